The number of fused-ring (bicyclic) bond motifs is 5. The summed E-state index contributed by atoms with van der Waals surface area (Å²) >= 11 is 0. The van der Waals surface area contributed by atoms with E-state index in [1.165, 1.54) is 78.4 Å². The van der Waals surface area contributed by atoms with Crippen LogP contribution in [0, 0.1) is 18.8 Å². The average Bonchev–Trinajstić information content (AvgIpc) is 3.34. The van der Waals surface area contributed by atoms with Crippen molar-refractivity contribution in [1.29, 1.82) is 0 Å². The van der Waals surface area contributed by atoms with E-state index in [-0.39, 0.29) is 4.90 Å². The van der Waals surface area contributed by atoms with Crippen LogP contribution in [0.25, 0.3) is 10.9 Å². The number of H-pyrrole nitrogens is 1. The van der Waals surface area contributed by atoms with Crippen LogP contribution in [-0.2, 0) is 23.1 Å². The second-order valence-corrected chi connectivity index (χ2v) is 13.2. The second-order valence-electron chi connectivity index (χ2n) is 11.8. The molecule has 4 atom stereocenters. The molecule has 4 aromatic rings. The van der Waals surface area contributed by atoms with Crippen LogP contribution in [0.5, 0.6) is 5.75 Å². The van der Waals surface area contributed by atoms with E-state index < -0.39 is 10.1 Å². The molecule has 5 heterocycles. The summed E-state index contributed by atoms with van der Waals surface area (Å²) in [6.07, 6.45) is 5.41. The largest absolute Gasteiger partial charge is 0.744 e. The van der Waals surface area contributed by atoms with Crippen molar-refractivity contribution in [2.75, 3.05) is 19.6 Å². The molecule has 1 N–H and O–H groups in total. The Balaban J connectivity index is 0.000000223. The zero-order chi connectivity index (χ0) is 27.9. The fourth-order valence-electron chi connectivity index (χ4n) is 7.36. The van der Waals surface area contributed by atoms with Gasteiger partial charge in [-0.3, -0.25) is 0 Å². The minimum Gasteiger partial charge on any atom is -0.744 e. The molecular weight excluding hydrogens is 520 g/mol. The summed E-state index contributed by atoms with van der Waals surface area (Å²) in [5, 5.41) is 1.42. The number of nitrogens with zero attached hydrogens (tertiary/aromatic N) is 1. The van der Waals surface area contributed by atoms with Gasteiger partial charge in [0.1, 0.15) is 28.5 Å². The quantitative estimate of drug-likeness (QED) is 0.224. The normalized spacial score (nSPS) is 25.0. The predicted octanol–water partition coefficient (Wildman–Crippen LogP) is 6.51. The molecule has 7 heteroatoms. The number of quaternary nitrogens is 1. The number of ether oxygens (including phenoxy) is 1. The number of benzene rings is 3. The highest BCUT2D eigenvalue weighted by Gasteiger charge is 2.54. The molecule has 3 aromatic carbocycles. The lowest BCUT2D eigenvalue weighted by atomic mass is 9.70. The monoisotopic (exact) mass is 558 g/mol. The minimum atomic E-state index is -4.27. The number of aryl methyl sites for hydroxylation is 1. The molecule has 0 saturated carbocycles. The van der Waals surface area contributed by atoms with Crippen molar-refractivity contribution in [2.24, 2.45) is 11.8 Å². The number of aromatic amines is 1. The highest BCUT2D eigenvalue weighted by molar-refractivity contribution is 7.85. The van der Waals surface area contributed by atoms with Crippen molar-refractivity contribution in [3.63, 3.8) is 0 Å². The molecule has 1 aromatic heterocycles. The number of nitrogens with one attached hydrogen (secondary N) is 1. The molecule has 4 aliphatic heterocycles. The molecule has 2 bridgehead atoms. The van der Waals surface area contributed by atoms with Crippen molar-refractivity contribution in [3.05, 3.63) is 95.2 Å². The van der Waals surface area contributed by atoms with Crippen LogP contribution in [0.2, 0.25) is 0 Å². The van der Waals surface area contributed by atoms with E-state index in [1.807, 2.05) is 13.0 Å². The Bertz CT molecular complexity index is 1600. The first-order valence-electron chi connectivity index (χ1n) is 14.5. The Kier molecular flexibility index (Phi) is 7.23. The smallest absolute Gasteiger partial charge is 0.130 e. The summed E-state index contributed by atoms with van der Waals surface area (Å²) in [7, 11) is -4.27. The van der Waals surface area contributed by atoms with Crippen molar-refractivity contribution < 1.29 is 22.2 Å². The third-order valence-electron chi connectivity index (χ3n) is 9.53. The number of rotatable bonds is 5. The van der Waals surface area contributed by atoms with Crippen LogP contribution in [0.4, 0.5) is 0 Å². The molecular formula is C33H38N2O4S. The maximum Gasteiger partial charge on any atom is 0.130 e. The minimum absolute atomic E-state index is 0.178. The molecule has 0 amide bonds. The van der Waals surface area contributed by atoms with Gasteiger partial charge in [0.25, 0.3) is 0 Å². The molecule has 0 aliphatic carbocycles. The first-order chi connectivity index (χ1) is 19.3. The van der Waals surface area contributed by atoms with Gasteiger partial charge in [-0.15, -0.1) is 0 Å². The van der Waals surface area contributed by atoms with Gasteiger partial charge in [0.15, 0.2) is 0 Å². The van der Waals surface area contributed by atoms with Gasteiger partial charge in [-0.25, -0.2) is 8.42 Å². The molecule has 3 saturated heterocycles. The Morgan fingerprint density at radius 1 is 1.02 bits per heavy atom. The summed E-state index contributed by atoms with van der Waals surface area (Å²) < 4.78 is 38.6. The maximum absolute atomic E-state index is 10.4. The van der Waals surface area contributed by atoms with Crippen molar-refractivity contribution in [1.82, 2.24) is 4.98 Å². The van der Waals surface area contributed by atoms with Gasteiger partial charge in [-0.05, 0) is 54.7 Å². The van der Waals surface area contributed by atoms with Crippen LogP contribution in [0.3, 0.4) is 0 Å². The SMILES string of the molecule is CC[C@H]1C[N+]23CCc4c([nH]c5cc(OCc6ccccc6)ccc45)[C@@H]2C[C@@H]1CC3.Cc1ccc(S(=O)(=O)[O-])cc1. The van der Waals surface area contributed by atoms with E-state index >= 15 is 0 Å². The van der Waals surface area contributed by atoms with Gasteiger partial charge < -0.3 is 18.8 Å². The molecule has 6 nitrogen and oxygen atoms in total. The molecule has 1 spiro atoms. The van der Waals surface area contributed by atoms with E-state index in [0.29, 0.717) is 12.6 Å². The van der Waals surface area contributed by atoms with Gasteiger partial charge in [0, 0.05) is 42.1 Å². The lowest BCUT2D eigenvalue weighted by Crippen LogP contribution is -2.65. The molecule has 1 unspecified atom stereocenters. The Morgan fingerprint density at radius 2 is 1.80 bits per heavy atom. The van der Waals surface area contributed by atoms with Gasteiger partial charge >= 0.3 is 0 Å². The lowest BCUT2D eigenvalue weighted by molar-refractivity contribution is -0.978. The molecule has 210 valence electrons. The second kappa shape index (κ2) is 10.7. The third kappa shape index (κ3) is 5.18. The van der Waals surface area contributed by atoms with Crippen LogP contribution in [-0.4, -0.2) is 42.1 Å². The zero-order valence-corrected chi connectivity index (χ0v) is 24.1. The topological polar surface area (TPSA) is 82.2 Å². The van der Waals surface area contributed by atoms with Gasteiger partial charge in [-0.1, -0.05) is 55.0 Å². The number of piperidine rings is 3. The zero-order valence-electron chi connectivity index (χ0n) is 23.3. The van der Waals surface area contributed by atoms with E-state index in [0.717, 1.165) is 23.1 Å². The Morgan fingerprint density at radius 3 is 2.52 bits per heavy atom. The van der Waals surface area contributed by atoms with Gasteiger partial charge in [0.05, 0.1) is 30.2 Å². The van der Waals surface area contributed by atoms with Crippen LogP contribution < -0.4 is 4.74 Å². The first kappa shape index (κ1) is 27.1. The maximum atomic E-state index is 10.4. The molecule has 40 heavy (non-hydrogen) atoms. The Labute approximate surface area is 237 Å². The highest BCUT2D eigenvalue weighted by atomic mass is 32.2. The van der Waals surface area contributed by atoms with Gasteiger partial charge in [0.2, 0.25) is 0 Å². The number of aromatic nitrogens is 1. The summed E-state index contributed by atoms with van der Waals surface area (Å²) in [6.45, 7) is 8.98. The summed E-state index contributed by atoms with van der Waals surface area (Å²) in [5.41, 5.74) is 6.53. The van der Waals surface area contributed by atoms with Crippen molar-refractivity contribution in [3.8, 4) is 5.75 Å². The van der Waals surface area contributed by atoms with E-state index in [4.69, 9.17) is 4.74 Å². The van der Waals surface area contributed by atoms with E-state index in [1.54, 1.807) is 23.4 Å². The lowest BCUT2D eigenvalue weighted by Gasteiger charge is -2.59. The Hall–Kier alpha value is -3.13. The summed E-state index contributed by atoms with van der Waals surface area (Å²) in [4.78, 5) is 3.69. The van der Waals surface area contributed by atoms with Crippen LogP contribution in [0.15, 0.2) is 77.7 Å². The number of hydrogen-bond acceptors (Lipinski definition) is 4. The van der Waals surface area contributed by atoms with Crippen LogP contribution >= 0.6 is 0 Å². The summed E-state index contributed by atoms with van der Waals surface area (Å²) in [5.74, 6) is 2.84. The third-order valence-corrected chi connectivity index (χ3v) is 10.4. The highest BCUT2D eigenvalue weighted by Crippen LogP contribution is 2.53. The first-order valence-corrected chi connectivity index (χ1v) is 15.9. The average molecular weight is 559 g/mol. The molecule has 3 fully saturated rings. The van der Waals surface area contributed by atoms with Crippen molar-refractivity contribution >= 4 is 21.0 Å². The summed E-state index contributed by atoms with van der Waals surface area (Å²) in [6, 6.07) is 23.5. The van der Waals surface area contributed by atoms with E-state index in [9.17, 15) is 13.0 Å². The predicted molar refractivity (Wildman–Crippen MR) is 156 cm³/mol. The molecule has 0 radical (unpaired) electrons. The fourth-order valence-corrected chi connectivity index (χ4v) is 7.83. The van der Waals surface area contributed by atoms with Crippen LogP contribution in [0.1, 0.15) is 54.6 Å². The molecule has 8 rings (SSSR count). The van der Waals surface area contributed by atoms with E-state index in [2.05, 4.69) is 54.4 Å². The standard InChI is InChI=1S/C26H31N2O.C7H8O3S/c1-2-19-16-28-12-10-20(19)14-25(28)26-23(11-13-28)22-9-8-21(15-24(22)27-26)29-17-18-6-4-3-5-7-18;1-6-2-4-7(5-3-6)11(8,9)10/h3-9,15,19-20,25,27H,2,10-14,16-17H2,1H3;2-5H,1H3,(H,8,9,10)/q+1;/p-1/t19-,20-,25-,28?;/m0./s1. The molecule has 4 aliphatic rings. The van der Waals surface area contributed by atoms with Gasteiger partial charge in [-0.2, -0.15) is 0 Å². The van der Waals surface area contributed by atoms with Crippen molar-refractivity contribution in [2.45, 2.75) is 57.1 Å². The fraction of sp³-hybridized carbons (Fsp3) is 0.394. The number of hydrogen-bond donors (Lipinski definition) is 1.